The van der Waals surface area contributed by atoms with Crippen LogP contribution in [0, 0.1) is 2.88 Å². The van der Waals surface area contributed by atoms with Crippen molar-refractivity contribution in [1.29, 1.82) is 0 Å². The average Bonchev–Trinajstić information content (AvgIpc) is 2.75. The van der Waals surface area contributed by atoms with Crippen molar-refractivity contribution < 1.29 is 14.7 Å². The van der Waals surface area contributed by atoms with E-state index in [0.29, 0.717) is 17.9 Å². The number of carboxylic acid groups (broad SMARTS) is 1. The lowest BCUT2D eigenvalue weighted by Crippen LogP contribution is -2.50. The lowest BCUT2D eigenvalue weighted by Gasteiger charge is -2.32. The predicted molar refractivity (Wildman–Crippen MR) is 76.8 cm³/mol. The number of carbonyl (C=O) groups is 2. The molecule has 0 saturated carbocycles. The minimum Gasteiger partial charge on any atom is -0.480 e. The molecule has 0 aliphatic carbocycles. The van der Waals surface area contributed by atoms with E-state index in [1.54, 1.807) is 23.2 Å². The topological polar surface area (TPSA) is 57.6 Å². The normalized spacial score (nSPS) is 20.3. The van der Waals surface area contributed by atoms with Gasteiger partial charge in [0, 0.05) is 23.4 Å². The average molecular weight is 383 g/mol. The van der Waals surface area contributed by atoms with Gasteiger partial charge in [0.15, 0.2) is 0 Å². The molecule has 1 atom stereocenters. The molecule has 7 heteroatoms. The van der Waals surface area contributed by atoms with Crippen molar-refractivity contribution >= 4 is 57.6 Å². The number of rotatable bonds is 2. The molecule has 2 heterocycles. The van der Waals surface area contributed by atoms with Gasteiger partial charge in [-0.1, -0.05) is 0 Å². The van der Waals surface area contributed by atoms with Crippen LogP contribution in [0.5, 0.6) is 0 Å². The number of nitrogens with zero attached hydrogens (tertiary/aromatic N) is 1. The lowest BCUT2D eigenvalue weighted by atomic mass is 10.2. The highest BCUT2D eigenvalue weighted by atomic mass is 127. The second kappa shape index (κ2) is 5.57. The van der Waals surface area contributed by atoms with E-state index in [4.69, 9.17) is 5.11 Å². The first kappa shape index (κ1) is 13.2. The molecule has 0 bridgehead atoms. The fourth-order valence-corrected chi connectivity index (χ4v) is 4.00. The fourth-order valence-electron chi connectivity index (χ4n) is 1.64. The second-order valence-corrected chi connectivity index (χ2v) is 7.52. The molecule has 0 radical (unpaired) electrons. The summed E-state index contributed by atoms with van der Waals surface area (Å²) in [7, 11) is 0. The Morgan fingerprint density at radius 1 is 1.53 bits per heavy atom. The first-order valence-corrected chi connectivity index (χ1v) is 8.06. The van der Waals surface area contributed by atoms with E-state index < -0.39 is 12.0 Å². The van der Waals surface area contributed by atoms with E-state index in [-0.39, 0.29) is 5.91 Å². The maximum absolute atomic E-state index is 12.2. The number of hydrogen-bond donors (Lipinski definition) is 1. The first-order valence-electron chi connectivity index (χ1n) is 4.95. The van der Waals surface area contributed by atoms with Gasteiger partial charge < -0.3 is 10.0 Å². The molecule has 92 valence electrons. The summed E-state index contributed by atoms with van der Waals surface area (Å²) in [6.45, 7) is 0.507. The molecule has 1 N–H and O–H groups in total. The van der Waals surface area contributed by atoms with Gasteiger partial charge in [-0.05, 0) is 28.7 Å². The quantitative estimate of drug-likeness (QED) is 0.794. The number of aliphatic carboxylic acids is 1. The van der Waals surface area contributed by atoms with E-state index in [0.717, 1.165) is 8.64 Å². The summed E-state index contributed by atoms with van der Waals surface area (Å²) in [4.78, 5) is 24.8. The number of hydrogen-bond acceptors (Lipinski definition) is 4. The molecule has 4 nitrogen and oxygen atoms in total. The third-order valence-corrected chi connectivity index (χ3v) is 5.30. The molecule has 1 aromatic rings. The van der Waals surface area contributed by atoms with Gasteiger partial charge in [-0.2, -0.15) is 11.8 Å². The Morgan fingerprint density at radius 3 is 2.88 bits per heavy atom. The SMILES string of the molecule is O=C(O)C1CSCCN1C(=O)c1csc(I)c1. The third-order valence-electron chi connectivity index (χ3n) is 2.49. The van der Waals surface area contributed by atoms with Gasteiger partial charge in [-0.3, -0.25) is 4.79 Å². The molecule has 1 aliphatic rings. The Labute approximate surface area is 121 Å². The van der Waals surface area contributed by atoms with Crippen LogP contribution in [-0.4, -0.2) is 46.0 Å². The van der Waals surface area contributed by atoms with Gasteiger partial charge in [0.1, 0.15) is 6.04 Å². The van der Waals surface area contributed by atoms with Crippen molar-refractivity contribution in [3.63, 3.8) is 0 Å². The molecule has 1 aliphatic heterocycles. The summed E-state index contributed by atoms with van der Waals surface area (Å²) in [5.41, 5.74) is 0.595. The van der Waals surface area contributed by atoms with E-state index in [9.17, 15) is 9.59 Å². The van der Waals surface area contributed by atoms with Gasteiger partial charge in [-0.25, -0.2) is 4.79 Å². The van der Waals surface area contributed by atoms with Crippen LogP contribution >= 0.6 is 45.7 Å². The largest absolute Gasteiger partial charge is 0.480 e. The number of carboxylic acids is 1. The number of amides is 1. The maximum Gasteiger partial charge on any atom is 0.327 e. The molecule has 1 amide bonds. The summed E-state index contributed by atoms with van der Waals surface area (Å²) in [5, 5.41) is 10.9. The van der Waals surface area contributed by atoms with Crippen molar-refractivity contribution in [3.8, 4) is 0 Å². The van der Waals surface area contributed by atoms with Gasteiger partial charge in [0.25, 0.3) is 5.91 Å². The van der Waals surface area contributed by atoms with E-state index in [2.05, 4.69) is 22.6 Å². The zero-order valence-corrected chi connectivity index (χ0v) is 12.5. The Bertz CT molecular complexity index is 449. The Balaban J connectivity index is 2.19. The Hall–Kier alpha value is -0.280. The maximum atomic E-state index is 12.2. The third kappa shape index (κ3) is 2.94. The van der Waals surface area contributed by atoms with Crippen LogP contribution in [0.1, 0.15) is 10.4 Å². The van der Waals surface area contributed by atoms with Gasteiger partial charge >= 0.3 is 5.97 Å². The van der Waals surface area contributed by atoms with E-state index in [1.807, 2.05) is 0 Å². The summed E-state index contributed by atoms with van der Waals surface area (Å²) in [6.07, 6.45) is 0. The Morgan fingerprint density at radius 2 is 2.29 bits per heavy atom. The van der Waals surface area contributed by atoms with Crippen molar-refractivity contribution in [2.75, 3.05) is 18.1 Å². The fraction of sp³-hybridized carbons (Fsp3) is 0.400. The minimum atomic E-state index is -0.921. The highest BCUT2D eigenvalue weighted by Gasteiger charge is 2.33. The Kier molecular flexibility index (Phi) is 4.31. The number of thiophene rings is 1. The lowest BCUT2D eigenvalue weighted by molar-refractivity contribution is -0.141. The first-order chi connectivity index (χ1) is 8.09. The summed E-state index contributed by atoms with van der Waals surface area (Å²) >= 11 is 5.22. The molecule has 1 unspecified atom stereocenters. The van der Waals surface area contributed by atoms with E-state index in [1.165, 1.54) is 16.2 Å². The van der Waals surface area contributed by atoms with Crippen LogP contribution < -0.4 is 0 Å². The molecular formula is C10H10INO3S2. The summed E-state index contributed by atoms with van der Waals surface area (Å²) < 4.78 is 1.03. The number of thioether (sulfide) groups is 1. The molecule has 17 heavy (non-hydrogen) atoms. The van der Waals surface area contributed by atoms with E-state index >= 15 is 0 Å². The molecule has 0 spiro atoms. The van der Waals surface area contributed by atoms with Crippen LogP contribution in [0.4, 0.5) is 0 Å². The molecule has 1 fully saturated rings. The predicted octanol–water partition coefficient (Wildman–Crippen LogP) is 1.99. The molecular weight excluding hydrogens is 373 g/mol. The summed E-state index contributed by atoms with van der Waals surface area (Å²) in [6, 6.07) is 1.10. The smallest absolute Gasteiger partial charge is 0.327 e. The number of carbonyl (C=O) groups excluding carboxylic acids is 1. The highest BCUT2D eigenvalue weighted by Crippen LogP contribution is 2.22. The van der Waals surface area contributed by atoms with Crippen LogP contribution in [0.25, 0.3) is 0 Å². The van der Waals surface area contributed by atoms with Gasteiger partial charge in [-0.15, -0.1) is 11.3 Å². The minimum absolute atomic E-state index is 0.170. The van der Waals surface area contributed by atoms with Crippen molar-refractivity contribution in [1.82, 2.24) is 4.90 Å². The zero-order chi connectivity index (χ0) is 12.4. The second-order valence-electron chi connectivity index (χ2n) is 3.57. The van der Waals surface area contributed by atoms with Crippen LogP contribution in [-0.2, 0) is 4.79 Å². The van der Waals surface area contributed by atoms with Gasteiger partial charge in [0.2, 0.25) is 0 Å². The van der Waals surface area contributed by atoms with Crippen LogP contribution in [0.2, 0.25) is 0 Å². The van der Waals surface area contributed by atoms with Crippen molar-refractivity contribution in [2.45, 2.75) is 6.04 Å². The summed E-state index contributed by atoms with van der Waals surface area (Å²) in [5.74, 6) is 0.186. The standard InChI is InChI=1S/C10H10INO3S2/c11-8-3-6(4-17-8)9(13)12-1-2-16-5-7(12)10(14)15/h3-4,7H,1-2,5H2,(H,14,15). The monoisotopic (exact) mass is 383 g/mol. The molecule has 2 rings (SSSR count). The molecule has 1 saturated heterocycles. The highest BCUT2D eigenvalue weighted by molar-refractivity contribution is 14.1. The van der Waals surface area contributed by atoms with Crippen LogP contribution in [0.15, 0.2) is 11.4 Å². The number of halogens is 1. The van der Waals surface area contributed by atoms with Gasteiger partial charge in [0.05, 0.1) is 8.45 Å². The van der Waals surface area contributed by atoms with Crippen molar-refractivity contribution in [3.05, 3.63) is 19.9 Å². The zero-order valence-electron chi connectivity index (χ0n) is 8.76. The molecule has 0 aromatic carbocycles. The molecule has 1 aromatic heterocycles. The van der Waals surface area contributed by atoms with Crippen LogP contribution in [0.3, 0.4) is 0 Å². The van der Waals surface area contributed by atoms with Crippen molar-refractivity contribution in [2.24, 2.45) is 0 Å².